The van der Waals surface area contributed by atoms with E-state index in [2.05, 4.69) is 17.1 Å². The Morgan fingerprint density at radius 2 is 1.84 bits per heavy atom. The molecule has 3 rings (SSSR count). The molecule has 2 aromatic rings. The fourth-order valence-corrected chi connectivity index (χ4v) is 3.83. The number of nitrogens with one attached hydrogen (secondary N) is 1. The van der Waals surface area contributed by atoms with Gasteiger partial charge in [-0.3, -0.25) is 4.79 Å². The molecule has 0 fully saturated rings. The molecule has 1 N–H and O–H groups in total. The molecule has 0 saturated heterocycles. The summed E-state index contributed by atoms with van der Waals surface area (Å²) in [5.74, 6) is 0.398. The van der Waals surface area contributed by atoms with Crippen LogP contribution in [0.2, 0.25) is 10.0 Å². The quantitative estimate of drug-likeness (QED) is 0.437. The zero-order chi connectivity index (χ0) is 23.1. The molecule has 32 heavy (non-hydrogen) atoms. The Kier molecular flexibility index (Phi) is 8.04. The Bertz CT molecular complexity index is 1080. The maximum absolute atomic E-state index is 13.2. The van der Waals surface area contributed by atoms with E-state index in [1.807, 2.05) is 55.5 Å². The molecule has 5 heteroatoms. The topological polar surface area (TPSA) is 38.3 Å². The van der Waals surface area contributed by atoms with E-state index in [-0.39, 0.29) is 17.9 Å². The number of hydrogen-bond acceptors (Lipinski definition) is 2. The Morgan fingerprint density at radius 1 is 1.09 bits per heavy atom. The van der Waals surface area contributed by atoms with E-state index in [0.717, 1.165) is 17.6 Å². The van der Waals surface area contributed by atoms with Crippen LogP contribution in [0.15, 0.2) is 90.2 Å². The van der Waals surface area contributed by atoms with Crippen molar-refractivity contribution >= 4 is 29.1 Å². The monoisotopic (exact) mass is 467 g/mol. The number of rotatable bonds is 8. The molecular weight excluding hydrogens is 441 g/mol. The zero-order valence-electron chi connectivity index (χ0n) is 18.4. The summed E-state index contributed by atoms with van der Waals surface area (Å²) in [7, 11) is 0. The van der Waals surface area contributed by atoms with Crippen molar-refractivity contribution in [2.75, 3.05) is 0 Å². The number of ether oxygens (including phenoxy) is 1. The van der Waals surface area contributed by atoms with E-state index in [0.29, 0.717) is 15.8 Å². The number of amides is 1. The second-order valence-electron chi connectivity index (χ2n) is 8.29. The van der Waals surface area contributed by atoms with E-state index in [1.165, 1.54) is 0 Å². The highest BCUT2D eigenvalue weighted by Gasteiger charge is 2.33. The third kappa shape index (κ3) is 6.64. The van der Waals surface area contributed by atoms with Crippen LogP contribution in [0, 0.1) is 5.92 Å². The molecule has 0 bridgehead atoms. The minimum atomic E-state index is -1.07. The maximum Gasteiger partial charge on any atom is 0.263 e. The number of hydrogen-bond donors (Lipinski definition) is 1. The van der Waals surface area contributed by atoms with Crippen molar-refractivity contribution in [1.29, 1.82) is 0 Å². The van der Waals surface area contributed by atoms with E-state index in [4.69, 9.17) is 27.9 Å². The van der Waals surface area contributed by atoms with Crippen LogP contribution < -0.4 is 10.1 Å². The second-order valence-corrected chi connectivity index (χ2v) is 9.17. The van der Waals surface area contributed by atoms with E-state index < -0.39 is 5.60 Å². The van der Waals surface area contributed by atoms with Crippen LogP contribution in [0.3, 0.4) is 0 Å². The van der Waals surface area contributed by atoms with Gasteiger partial charge in [0, 0.05) is 22.0 Å². The summed E-state index contributed by atoms with van der Waals surface area (Å²) in [5.41, 5.74) is 4.28. The van der Waals surface area contributed by atoms with Gasteiger partial charge in [-0.15, -0.1) is 5.73 Å². The van der Waals surface area contributed by atoms with Crippen LogP contribution in [0.25, 0.3) is 0 Å². The minimum Gasteiger partial charge on any atom is -0.478 e. The van der Waals surface area contributed by atoms with Crippen LogP contribution >= 0.6 is 23.2 Å². The third-order valence-corrected chi connectivity index (χ3v) is 5.82. The van der Waals surface area contributed by atoms with Crippen molar-refractivity contribution in [1.82, 2.24) is 5.32 Å². The molecule has 0 saturated carbocycles. The van der Waals surface area contributed by atoms with Gasteiger partial charge < -0.3 is 10.1 Å². The molecule has 2 unspecified atom stereocenters. The summed E-state index contributed by atoms with van der Waals surface area (Å²) in [6.07, 6.45) is 10.6. The van der Waals surface area contributed by atoms with Gasteiger partial charge in [-0.05, 0) is 80.8 Å². The van der Waals surface area contributed by atoms with Crippen LogP contribution in [-0.4, -0.2) is 17.6 Å². The standard InChI is InChI=1S/C27H27Cl2NO2/c1-19(30-26(31)27(2,3)32-24-12-8-11-23(29)18-24)25(21-9-6-4-5-7-10-21)17-20-13-15-22(28)16-14-20/h4,6-16,18-19,25H,17H2,1-3H3,(H,30,31). The second kappa shape index (κ2) is 10.7. The summed E-state index contributed by atoms with van der Waals surface area (Å²) < 4.78 is 5.96. The molecule has 1 amide bonds. The summed E-state index contributed by atoms with van der Waals surface area (Å²) in [6, 6.07) is 14.7. The Morgan fingerprint density at radius 3 is 2.56 bits per heavy atom. The number of benzene rings is 2. The fraction of sp³-hybridized carbons (Fsp3) is 0.259. The summed E-state index contributed by atoms with van der Waals surface area (Å²) >= 11 is 12.1. The summed E-state index contributed by atoms with van der Waals surface area (Å²) in [4.78, 5) is 13.2. The van der Waals surface area contributed by atoms with Crippen molar-refractivity contribution in [2.45, 2.75) is 38.8 Å². The van der Waals surface area contributed by atoms with E-state index in [1.54, 1.807) is 38.1 Å². The first-order valence-electron chi connectivity index (χ1n) is 10.5. The molecule has 1 aliphatic carbocycles. The molecule has 0 aliphatic heterocycles. The van der Waals surface area contributed by atoms with E-state index >= 15 is 0 Å². The number of carbonyl (C=O) groups is 1. The van der Waals surface area contributed by atoms with Crippen molar-refractivity contribution < 1.29 is 9.53 Å². The van der Waals surface area contributed by atoms with Crippen molar-refractivity contribution in [2.24, 2.45) is 5.92 Å². The largest absolute Gasteiger partial charge is 0.478 e. The minimum absolute atomic E-state index is 0.0443. The van der Waals surface area contributed by atoms with Gasteiger partial charge in [0.25, 0.3) is 5.91 Å². The van der Waals surface area contributed by atoms with Gasteiger partial charge in [-0.25, -0.2) is 0 Å². The lowest BCUT2D eigenvalue weighted by molar-refractivity contribution is -0.135. The molecule has 2 aromatic carbocycles. The summed E-state index contributed by atoms with van der Waals surface area (Å²) in [5, 5.41) is 4.42. The lowest BCUT2D eigenvalue weighted by atomic mass is 9.85. The maximum atomic E-state index is 13.2. The van der Waals surface area contributed by atoms with Crippen LogP contribution in [0.1, 0.15) is 26.3 Å². The predicted molar refractivity (Wildman–Crippen MR) is 132 cm³/mol. The molecule has 0 heterocycles. The Labute approximate surface area is 200 Å². The van der Waals surface area contributed by atoms with Crippen molar-refractivity contribution in [3.63, 3.8) is 0 Å². The molecule has 0 aromatic heterocycles. The highest BCUT2D eigenvalue weighted by Crippen LogP contribution is 2.26. The highest BCUT2D eigenvalue weighted by atomic mass is 35.5. The smallest absolute Gasteiger partial charge is 0.263 e. The average Bonchev–Trinajstić information content (AvgIpc) is 3.02. The average molecular weight is 468 g/mol. The van der Waals surface area contributed by atoms with Gasteiger partial charge in [-0.1, -0.05) is 59.6 Å². The molecule has 0 spiro atoms. The van der Waals surface area contributed by atoms with Gasteiger partial charge in [0.05, 0.1) is 0 Å². The van der Waals surface area contributed by atoms with Crippen LogP contribution in [0.4, 0.5) is 0 Å². The highest BCUT2D eigenvalue weighted by molar-refractivity contribution is 6.30. The third-order valence-electron chi connectivity index (χ3n) is 5.33. The molecule has 2 atom stereocenters. The SMILES string of the molecule is CC(NC(=O)C(C)(C)Oc1cccc(Cl)c1)C(Cc1ccc(Cl)cc1)C1=CC=C=CC=C1. The predicted octanol–water partition coefficient (Wildman–Crippen LogP) is 6.72. The first-order valence-corrected chi connectivity index (χ1v) is 11.3. The van der Waals surface area contributed by atoms with Gasteiger partial charge in [-0.2, -0.15) is 0 Å². The molecule has 0 radical (unpaired) electrons. The molecule has 166 valence electrons. The first-order chi connectivity index (χ1) is 15.2. The lowest BCUT2D eigenvalue weighted by Gasteiger charge is -2.31. The number of allylic oxidation sites excluding steroid dienone is 4. The Hall–Kier alpha value is -2.71. The Balaban J connectivity index is 1.78. The fourth-order valence-electron chi connectivity index (χ4n) is 3.53. The van der Waals surface area contributed by atoms with Gasteiger partial charge in [0.2, 0.25) is 0 Å². The van der Waals surface area contributed by atoms with Crippen molar-refractivity contribution in [3.8, 4) is 5.75 Å². The molecular formula is C27H27Cl2NO2. The first kappa shape index (κ1) is 23.9. The van der Waals surface area contributed by atoms with Crippen molar-refractivity contribution in [3.05, 3.63) is 106 Å². The summed E-state index contributed by atoms with van der Waals surface area (Å²) in [6.45, 7) is 5.52. The van der Waals surface area contributed by atoms with Crippen LogP contribution in [-0.2, 0) is 11.2 Å². The van der Waals surface area contributed by atoms with Gasteiger partial charge >= 0.3 is 0 Å². The molecule has 3 nitrogen and oxygen atoms in total. The van der Waals surface area contributed by atoms with Gasteiger partial charge in [0.1, 0.15) is 5.75 Å². The van der Waals surface area contributed by atoms with Crippen LogP contribution in [0.5, 0.6) is 5.75 Å². The number of halogens is 2. The zero-order valence-corrected chi connectivity index (χ0v) is 20.0. The lowest BCUT2D eigenvalue weighted by Crippen LogP contribution is -2.51. The normalized spacial score (nSPS) is 15.0. The number of carbonyl (C=O) groups excluding carboxylic acids is 1. The van der Waals surface area contributed by atoms with E-state index in [9.17, 15) is 4.79 Å². The van der Waals surface area contributed by atoms with Gasteiger partial charge in [0.15, 0.2) is 5.60 Å². The molecule has 1 aliphatic rings.